The van der Waals surface area contributed by atoms with Gasteiger partial charge in [0.1, 0.15) is 11.8 Å². The summed E-state index contributed by atoms with van der Waals surface area (Å²) >= 11 is 0. The van der Waals surface area contributed by atoms with Gasteiger partial charge < -0.3 is 15.0 Å². The van der Waals surface area contributed by atoms with E-state index in [2.05, 4.69) is 5.32 Å². The third-order valence-electron chi connectivity index (χ3n) is 5.85. The van der Waals surface area contributed by atoms with Crippen LogP contribution in [0.4, 0.5) is 0 Å². The lowest BCUT2D eigenvalue weighted by Crippen LogP contribution is -2.53. The third kappa shape index (κ3) is 7.48. The minimum Gasteiger partial charge on any atom is -0.484 e. The van der Waals surface area contributed by atoms with Crippen LogP contribution in [0, 0.1) is 6.92 Å². The van der Waals surface area contributed by atoms with Gasteiger partial charge in [0.2, 0.25) is 5.91 Å². The zero-order chi connectivity index (χ0) is 24.3. The molecule has 0 saturated heterocycles. The third-order valence-corrected chi connectivity index (χ3v) is 5.85. The topological polar surface area (TPSA) is 58.6 Å². The fourth-order valence-corrected chi connectivity index (χ4v) is 3.64. The number of carbonyl (C=O) groups is 2. The molecule has 0 aliphatic rings. The number of ether oxygens (including phenoxy) is 1. The molecule has 0 radical (unpaired) electrons. The molecule has 0 aliphatic carbocycles. The minimum absolute atomic E-state index is 0.0169. The molecule has 0 aromatic heterocycles. The predicted molar refractivity (Wildman–Crippen MR) is 135 cm³/mol. The van der Waals surface area contributed by atoms with Crippen LogP contribution in [0.25, 0.3) is 0 Å². The van der Waals surface area contributed by atoms with Crippen molar-refractivity contribution in [1.29, 1.82) is 0 Å². The maximum Gasteiger partial charge on any atom is 0.261 e. The van der Waals surface area contributed by atoms with Crippen LogP contribution in [-0.4, -0.2) is 35.4 Å². The van der Waals surface area contributed by atoms with Crippen LogP contribution in [0.15, 0.2) is 84.9 Å². The molecule has 3 rings (SSSR count). The van der Waals surface area contributed by atoms with Crippen molar-refractivity contribution < 1.29 is 14.3 Å². The van der Waals surface area contributed by atoms with Gasteiger partial charge in [0, 0.05) is 19.0 Å². The van der Waals surface area contributed by atoms with Gasteiger partial charge in [-0.2, -0.15) is 0 Å². The number of benzene rings is 3. The number of nitrogens with one attached hydrogen (secondary N) is 1. The molecule has 5 nitrogen and oxygen atoms in total. The van der Waals surface area contributed by atoms with Crippen molar-refractivity contribution in [2.24, 2.45) is 0 Å². The Labute approximate surface area is 202 Å². The molecule has 178 valence electrons. The molecular formula is C29H34N2O3. The van der Waals surface area contributed by atoms with Crippen molar-refractivity contribution in [3.63, 3.8) is 0 Å². The maximum absolute atomic E-state index is 13.5. The van der Waals surface area contributed by atoms with Crippen LogP contribution < -0.4 is 10.1 Å². The minimum atomic E-state index is -0.661. The SMILES string of the molecule is CC[C@@H](C)NC(=O)[C@H](Cc1ccccc1)N(Cc1ccccc1)C(=O)COc1ccc(C)cc1. The Kier molecular flexibility index (Phi) is 9.27. The molecule has 3 aromatic rings. The van der Waals surface area contributed by atoms with E-state index in [9.17, 15) is 9.59 Å². The fraction of sp³-hybridized carbons (Fsp3) is 0.310. The van der Waals surface area contributed by atoms with Gasteiger partial charge in [0.15, 0.2) is 6.61 Å². The van der Waals surface area contributed by atoms with E-state index in [1.54, 1.807) is 4.90 Å². The molecule has 2 atom stereocenters. The summed E-state index contributed by atoms with van der Waals surface area (Å²) in [5.74, 6) is 0.241. The average molecular weight is 459 g/mol. The van der Waals surface area contributed by atoms with Gasteiger partial charge in [-0.3, -0.25) is 9.59 Å². The van der Waals surface area contributed by atoms with E-state index in [0.29, 0.717) is 18.7 Å². The summed E-state index contributed by atoms with van der Waals surface area (Å²) in [6.07, 6.45) is 1.24. The van der Waals surface area contributed by atoms with E-state index < -0.39 is 6.04 Å². The average Bonchev–Trinajstić information content (AvgIpc) is 2.86. The molecular weight excluding hydrogens is 424 g/mol. The number of hydrogen-bond donors (Lipinski definition) is 1. The molecule has 0 fully saturated rings. The Balaban J connectivity index is 1.88. The summed E-state index contributed by atoms with van der Waals surface area (Å²) in [6, 6.07) is 26.5. The zero-order valence-electron chi connectivity index (χ0n) is 20.2. The first kappa shape index (κ1) is 25.0. The van der Waals surface area contributed by atoms with Crippen molar-refractivity contribution >= 4 is 11.8 Å². The molecule has 34 heavy (non-hydrogen) atoms. The van der Waals surface area contributed by atoms with Crippen LogP contribution in [0.5, 0.6) is 5.75 Å². The van der Waals surface area contributed by atoms with Crippen molar-refractivity contribution in [2.45, 2.75) is 52.2 Å². The molecule has 5 heteroatoms. The van der Waals surface area contributed by atoms with E-state index in [-0.39, 0.29) is 24.5 Å². The second kappa shape index (κ2) is 12.6. The molecule has 3 aromatic carbocycles. The van der Waals surface area contributed by atoms with Gasteiger partial charge in [-0.05, 0) is 43.5 Å². The van der Waals surface area contributed by atoms with E-state index in [0.717, 1.165) is 23.1 Å². The van der Waals surface area contributed by atoms with Crippen molar-refractivity contribution in [2.75, 3.05) is 6.61 Å². The molecule has 0 bridgehead atoms. The standard InChI is InChI=1S/C29H34N2O3/c1-4-23(3)30-29(33)27(19-24-11-7-5-8-12-24)31(20-25-13-9-6-10-14-25)28(32)21-34-26-17-15-22(2)16-18-26/h5-18,23,27H,4,19-21H2,1-3H3,(H,30,33)/t23-,27+/m1/s1. The lowest BCUT2D eigenvalue weighted by Gasteiger charge is -2.32. The molecule has 0 saturated carbocycles. The molecule has 0 heterocycles. The number of aryl methyl sites for hydroxylation is 1. The Morgan fingerprint density at radius 2 is 1.47 bits per heavy atom. The van der Waals surface area contributed by atoms with Gasteiger partial charge in [-0.1, -0.05) is 85.3 Å². The first-order valence-electron chi connectivity index (χ1n) is 11.8. The first-order valence-corrected chi connectivity index (χ1v) is 11.8. The Hall–Kier alpha value is -3.60. The summed E-state index contributed by atoms with van der Waals surface area (Å²) in [4.78, 5) is 28.6. The van der Waals surface area contributed by atoms with Crippen molar-refractivity contribution in [3.05, 3.63) is 102 Å². The summed E-state index contributed by atoms with van der Waals surface area (Å²) < 4.78 is 5.80. The lowest BCUT2D eigenvalue weighted by molar-refractivity contribution is -0.143. The number of rotatable bonds is 11. The van der Waals surface area contributed by atoms with Gasteiger partial charge in [0.25, 0.3) is 5.91 Å². The molecule has 2 amide bonds. The molecule has 0 unspecified atom stereocenters. The second-order valence-electron chi connectivity index (χ2n) is 8.63. The number of hydrogen-bond acceptors (Lipinski definition) is 3. The summed E-state index contributed by atoms with van der Waals surface area (Å²) in [5.41, 5.74) is 3.08. The molecule has 1 N–H and O–H groups in total. The van der Waals surface area contributed by atoms with Crippen molar-refractivity contribution in [3.8, 4) is 5.75 Å². The van der Waals surface area contributed by atoms with Crippen LogP contribution in [0.1, 0.15) is 37.0 Å². The zero-order valence-corrected chi connectivity index (χ0v) is 20.2. The van der Waals surface area contributed by atoms with Gasteiger partial charge >= 0.3 is 0 Å². The predicted octanol–water partition coefficient (Wildman–Crippen LogP) is 4.93. The summed E-state index contributed by atoms with van der Waals surface area (Å²) in [5, 5.41) is 3.08. The second-order valence-corrected chi connectivity index (χ2v) is 8.63. The van der Waals surface area contributed by atoms with E-state index >= 15 is 0 Å². The largest absolute Gasteiger partial charge is 0.484 e. The van der Waals surface area contributed by atoms with Crippen LogP contribution >= 0.6 is 0 Å². The summed E-state index contributed by atoms with van der Waals surface area (Å²) in [7, 11) is 0. The van der Waals surface area contributed by atoms with Crippen LogP contribution in [0.3, 0.4) is 0 Å². The molecule has 0 spiro atoms. The Morgan fingerprint density at radius 1 is 0.882 bits per heavy atom. The normalized spacial score (nSPS) is 12.4. The number of amides is 2. The highest BCUT2D eigenvalue weighted by molar-refractivity contribution is 5.88. The van der Waals surface area contributed by atoms with Gasteiger partial charge in [0.05, 0.1) is 0 Å². The van der Waals surface area contributed by atoms with Crippen LogP contribution in [-0.2, 0) is 22.6 Å². The van der Waals surface area contributed by atoms with Crippen molar-refractivity contribution in [1.82, 2.24) is 10.2 Å². The quantitative estimate of drug-likeness (QED) is 0.443. The van der Waals surface area contributed by atoms with Crippen LogP contribution in [0.2, 0.25) is 0 Å². The Morgan fingerprint density at radius 3 is 2.06 bits per heavy atom. The van der Waals surface area contributed by atoms with Gasteiger partial charge in [-0.25, -0.2) is 0 Å². The highest BCUT2D eigenvalue weighted by Gasteiger charge is 2.31. The number of nitrogens with zero attached hydrogens (tertiary/aromatic N) is 1. The van der Waals surface area contributed by atoms with Gasteiger partial charge in [-0.15, -0.1) is 0 Å². The lowest BCUT2D eigenvalue weighted by atomic mass is 10.0. The Bertz CT molecular complexity index is 1040. The van der Waals surface area contributed by atoms with E-state index in [1.165, 1.54) is 0 Å². The monoisotopic (exact) mass is 458 g/mol. The van der Waals surface area contributed by atoms with E-state index in [1.807, 2.05) is 106 Å². The van der Waals surface area contributed by atoms with E-state index in [4.69, 9.17) is 4.74 Å². The first-order chi connectivity index (χ1) is 16.5. The highest BCUT2D eigenvalue weighted by Crippen LogP contribution is 2.17. The fourth-order valence-electron chi connectivity index (χ4n) is 3.64. The molecule has 0 aliphatic heterocycles. The summed E-state index contributed by atoms with van der Waals surface area (Å²) in [6.45, 7) is 6.18. The highest BCUT2D eigenvalue weighted by atomic mass is 16.5. The maximum atomic E-state index is 13.5. The number of carbonyl (C=O) groups excluding carboxylic acids is 2. The smallest absolute Gasteiger partial charge is 0.261 e.